The summed E-state index contributed by atoms with van der Waals surface area (Å²) in [5, 5.41) is 6.45. The zero-order valence-corrected chi connectivity index (χ0v) is 8.78. The highest BCUT2D eigenvalue weighted by molar-refractivity contribution is 7.71. The third kappa shape index (κ3) is 2.87. The van der Waals surface area contributed by atoms with E-state index in [2.05, 4.69) is 10.2 Å². The number of hydrogen-bond acceptors (Lipinski definition) is 2. The predicted molar refractivity (Wildman–Crippen MR) is 52.0 cm³/mol. The third-order valence-corrected chi connectivity index (χ3v) is 2.22. The monoisotopic (exact) mass is 221 g/mol. The van der Waals surface area contributed by atoms with Crippen LogP contribution in [0.1, 0.15) is 25.6 Å². The molecule has 3 nitrogen and oxygen atoms in total. The number of aromatic nitrogens is 3. The highest BCUT2D eigenvalue weighted by Gasteiger charge is 2.10. The van der Waals surface area contributed by atoms with E-state index in [9.17, 15) is 8.78 Å². The van der Waals surface area contributed by atoms with Gasteiger partial charge in [-0.2, -0.15) is 5.10 Å². The Morgan fingerprint density at radius 2 is 2.29 bits per heavy atom. The Labute approximate surface area is 86.1 Å². The van der Waals surface area contributed by atoms with E-state index < -0.39 is 6.43 Å². The van der Waals surface area contributed by atoms with Crippen molar-refractivity contribution in [3.8, 4) is 0 Å². The Morgan fingerprint density at radius 3 is 2.86 bits per heavy atom. The topological polar surface area (TPSA) is 33.6 Å². The van der Waals surface area contributed by atoms with Crippen LogP contribution in [-0.2, 0) is 13.0 Å². The molecule has 0 saturated heterocycles. The van der Waals surface area contributed by atoms with Gasteiger partial charge in [0.1, 0.15) is 5.82 Å². The van der Waals surface area contributed by atoms with E-state index in [4.69, 9.17) is 12.2 Å². The number of aromatic amines is 1. The van der Waals surface area contributed by atoms with Crippen LogP contribution >= 0.6 is 12.2 Å². The maximum Gasteiger partial charge on any atom is 0.256 e. The molecule has 0 unspecified atom stereocenters. The summed E-state index contributed by atoms with van der Waals surface area (Å²) in [6, 6.07) is 0. The molecule has 0 atom stereocenters. The molecule has 0 aliphatic rings. The first-order chi connectivity index (χ1) is 6.65. The molecular formula is C8H13F2N3S. The summed E-state index contributed by atoms with van der Waals surface area (Å²) in [4.78, 5) is 0. The number of alkyl halides is 2. The first-order valence-electron chi connectivity index (χ1n) is 4.57. The molecule has 0 aliphatic heterocycles. The van der Waals surface area contributed by atoms with Gasteiger partial charge in [-0.15, -0.1) is 0 Å². The first-order valence-corrected chi connectivity index (χ1v) is 4.98. The minimum Gasteiger partial charge on any atom is -0.298 e. The highest BCUT2D eigenvalue weighted by atomic mass is 32.1. The normalized spacial score (nSPS) is 11.1. The van der Waals surface area contributed by atoms with Gasteiger partial charge in [0, 0.05) is 6.42 Å². The van der Waals surface area contributed by atoms with E-state index in [1.54, 1.807) is 0 Å². The molecule has 1 rings (SSSR count). The average molecular weight is 221 g/mol. The van der Waals surface area contributed by atoms with Crippen molar-refractivity contribution in [3.63, 3.8) is 0 Å². The summed E-state index contributed by atoms with van der Waals surface area (Å²) < 4.78 is 26.0. The fourth-order valence-corrected chi connectivity index (χ4v) is 1.43. The maximum absolute atomic E-state index is 12.2. The number of unbranched alkanes of at least 4 members (excludes halogenated alkanes) is 1. The quantitative estimate of drug-likeness (QED) is 0.775. The summed E-state index contributed by atoms with van der Waals surface area (Å²) in [6.07, 6.45) is 0.243. The molecular weight excluding hydrogens is 208 g/mol. The molecule has 0 fully saturated rings. The van der Waals surface area contributed by atoms with Crippen molar-refractivity contribution in [2.45, 2.75) is 39.2 Å². The second-order valence-corrected chi connectivity index (χ2v) is 3.44. The third-order valence-electron chi connectivity index (χ3n) is 1.91. The van der Waals surface area contributed by atoms with Gasteiger partial charge in [-0.1, -0.05) is 13.3 Å². The van der Waals surface area contributed by atoms with Crippen molar-refractivity contribution in [1.29, 1.82) is 0 Å². The lowest BCUT2D eigenvalue weighted by Crippen LogP contribution is -2.10. The molecule has 0 radical (unpaired) electrons. The Morgan fingerprint density at radius 1 is 1.57 bits per heavy atom. The lowest BCUT2D eigenvalue weighted by molar-refractivity contribution is 0.124. The standard InChI is InChI=1S/C8H13F2N3S/c1-2-3-4-7-11-12-8(14)13(7)5-6(9)10/h6H,2-5H2,1H3,(H,12,14). The second kappa shape index (κ2) is 5.19. The summed E-state index contributed by atoms with van der Waals surface area (Å²) in [5.41, 5.74) is 0. The molecule has 0 aliphatic carbocycles. The molecule has 0 saturated carbocycles. The maximum atomic E-state index is 12.2. The Kier molecular flexibility index (Phi) is 4.19. The molecule has 0 bridgehead atoms. The molecule has 1 N–H and O–H groups in total. The molecule has 80 valence electrons. The fourth-order valence-electron chi connectivity index (χ4n) is 1.20. The van der Waals surface area contributed by atoms with Crippen LogP contribution in [0.25, 0.3) is 0 Å². The minimum absolute atomic E-state index is 0.274. The van der Waals surface area contributed by atoms with Gasteiger partial charge in [-0.3, -0.25) is 9.67 Å². The largest absolute Gasteiger partial charge is 0.298 e. The van der Waals surface area contributed by atoms with Crippen molar-refractivity contribution >= 4 is 12.2 Å². The van der Waals surface area contributed by atoms with Crippen LogP contribution in [0.15, 0.2) is 0 Å². The Balaban J connectivity index is 2.77. The average Bonchev–Trinajstić information content (AvgIpc) is 2.45. The molecule has 0 spiro atoms. The van der Waals surface area contributed by atoms with E-state index in [1.807, 2.05) is 6.92 Å². The summed E-state index contributed by atoms with van der Waals surface area (Å²) in [5.74, 6) is 0.622. The van der Waals surface area contributed by atoms with Crippen LogP contribution in [0, 0.1) is 4.77 Å². The number of aryl methyl sites for hydroxylation is 1. The Bertz CT molecular complexity index is 332. The van der Waals surface area contributed by atoms with E-state index in [-0.39, 0.29) is 11.3 Å². The van der Waals surface area contributed by atoms with Gasteiger partial charge >= 0.3 is 0 Å². The van der Waals surface area contributed by atoms with Crippen molar-refractivity contribution in [3.05, 3.63) is 10.6 Å². The predicted octanol–water partition coefficient (Wildman–Crippen LogP) is 2.55. The number of rotatable bonds is 5. The van der Waals surface area contributed by atoms with Gasteiger partial charge in [0.25, 0.3) is 6.43 Å². The first kappa shape index (κ1) is 11.3. The number of H-pyrrole nitrogens is 1. The Hall–Kier alpha value is -0.780. The van der Waals surface area contributed by atoms with Crippen LogP contribution in [-0.4, -0.2) is 21.2 Å². The van der Waals surface area contributed by atoms with Gasteiger partial charge in [-0.05, 0) is 18.6 Å². The fraction of sp³-hybridized carbons (Fsp3) is 0.750. The molecule has 0 aromatic carbocycles. The number of nitrogens with one attached hydrogen (secondary N) is 1. The van der Waals surface area contributed by atoms with Crippen LogP contribution in [0.3, 0.4) is 0 Å². The van der Waals surface area contributed by atoms with Crippen molar-refractivity contribution in [2.24, 2.45) is 0 Å². The van der Waals surface area contributed by atoms with Crippen molar-refractivity contribution in [1.82, 2.24) is 14.8 Å². The molecule has 6 heteroatoms. The lowest BCUT2D eigenvalue weighted by Gasteiger charge is -2.04. The zero-order chi connectivity index (χ0) is 10.6. The van der Waals surface area contributed by atoms with Gasteiger partial charge in [-0.25, -0.2) is 8.78 Å². The molecule has 0 amide bonds. The van der Waals surface area contributed by atoms with E-state index in [1.165, 1.54) is 4.57 Å². The van der Waals surface area contributed by atoms with Crippen LogP contribution in [0.2, 0.25) is 0 Å². The highest BCUT2D eigenvalue weighted by Crippen LogP contribution is 2.06. The van der Waals surface area contributed by atoms with Crippen LogP contribution in [0.5, 0.6) is 0 Å². The van der Waals surface area contributed by atoms with E-state index in [0.717, 1.165) is 12.8 Å². The second-order valence-electron chi connectivity index (χ2n) is 3.05. The number of nitrogens with zero attached hydrogens (tertiary/aromatic N) is 2. The summed E-state index contributed by atoms with van der Waals surface area (Å²) in [6.45, 7) is 1.67. The molecule has 1 heterocycles. The van der Waals surface area contributed by atoms with Crippen LogP contribution < -0.4 is 0 Å². The lowest BCUT2D eigenvalue weighted by atomic mass is 10.2. The zero-order valence-electron chi connectivity index (χ0n) is 7.96. The molecule has 14 heavy (non-hydrogen) atoms. The summed E-state index contributed by atoms with van der Waals surface area (Å²) >= 11 is 4.85. The number of hydrogen-bond donors (Lipinski definition) is 1. The van der Waals surface area contributed by atoms with Gasteiger partial charge < -0.3 is 0 Å². The minimum atomic E-state index is -2.39. The molecule has 1 aromatic heterocycles. The van der Waals surface area contributed by atoms with E-state index >= 15 is 0 Å². The summed E-state index contributed by atoms with van der Waals surface area (Å²) in [7, 11) is 0. The number of halogens is 2. The van der Waals surface area contributed by atoms with Gasteiger partial charge in [0.15, 0.2) is 4.77 Å². The van der Waals surface area contributed by atoms with Crippen molar-refractivity contribution < 1.29 is 8.78 Å². The SMILES string of the molecule is CCCCc1n[nH]c(=S)n1CC(F)F. The molecule has 1 aromatic rings. The van der Waals surface area contributed by atoms with Crippen molar-refractivity contribution in [2.75, 3.05) is 0 Å². The van der Waals surface area contributed by atoms with Gasteiger partial charge in [0.05, 0.1) is 6.54 Å². The smallest absolute Gasteiger partial charge is 0.256 e. The van der Waals surface area contributed by atoms with Gasteiger partial charge in [0.2, 0.25) is 0 Å². The van der Waals surface area contributed by atoms with E-state index in [0.29, 0.717) is 12.2 Å². The van der Waals surface area contributed by atoms with Crippen LogP contribution in [0.4, 0.5) is 8.78 Å².